The minimum absolute atomic E-state index is 0.170. The van der Waals surface area contributed by atoms with Gasteiger partial charge in [-0.2, -0.15) is 0 Å². The monoisotopic (exact) mass is 599 g/mol. The van der Waals surface area contributed by atoms with Crippen LogP contribution in [-0.4, -0.2) is 55.0 Å². The number of pyridine rings is 1. The molecular weight excluding hydrogens is 568 g/mol. The molecule has 0 bridgehead atoms. The van der Waals surface area contributed by atoms with Gasteiger partial charge in [-0.05, 0) is 62.2 Å². The molecule has 42 heavy (non-hydrogen) atoms. The Labute approximate surface area is 242 Å². The molecule has 4 aromatic rings. The van der Waals surface area contributed by atoms with Crippen LogP contribution in [0, 0.1) is 11.6 Å². The van der Waals surface area contributed by atoms with E-state index in [-0.39, 0.29) is 18.3 Å². The lowest BCUT2D eigenvalue weighted by Gasteiger charge is -2.17. The zero-order chi connectivity index (χ0) is 30.1. The Morgan fingerprint density at radius 2 is 2.00 bits per heavy atom. The number of aromatic nitrogens is 2. The number of hydrogen-bond donors (Lipinski definition) is 2. The molecule has 2 N–H and O–H groups in total. The highest BCUT2D eigenvalue weighted by Crippen LogP contribution is 2.29. The number of H-pyrrole nitrogens is 1. The van der Waals surface area contributed by atoms with E-state index in [1.165, 1.54) is 6.20 Å². The first-order chi connectivity index (χ1) is 19.9. The summed E-state index contributed by atoms with van der Waals surface area (Å²) in [5.74, 6) is -3.39. The van der Waals surface area contributed by atoms with Gasteiger partial charge in [-0.1, -0.05) is 19.1 Å². The number of Topliss-reactive ketones (excluding diaryl/α,β-unsaturated/α-hetero) is 1. The van der Waals surface area contributed by atoms with E-state index in [4.69, 9.17) is 14.2 Å². The average Bonchev–Trinajstić information content (AvgIpc) is 3.51. The molecule has 2 aromatic heterocycles. The van der Waals surface area contributed by atoms with Crippen LogP contribution in [0.2, 0.25) is 0 Å². The zero-order valence-corrected chi connectivity index (χ0v) is 24.2. The van der Waals surface area contributed by atoms with Crippen LogP contribution in [-0.2, 0) is 25.9 Å². The molecule has 2 aromatic carbocycles. The quantitative estimate of drug-likeness (QED) is 0.215. The van der Waals surface area contributed by atoms with E-state index in [9.17, 15) is 17.6 Å². The van der Waals surface area contributed by atoms with Gasteiger partial charge in [0.25, 0.3) is 0 Å². The summed E-state index contributed by atoms with van der Waals surface area (Å²) in [6, 6.07) is 12.9. The maximum absolute atomic E-state index is 15.1. The summed E-state index contributed by atoms with van der Waals surface area (Å²) in [5, 5.41) is 0.697. The topological polar surface area (TPSA) is 120 Å². The van der Waals surface area contributed by atoms with Crippen molar-refractivity contribution in [3.63, 3.8) is 0 Å². The first kappa shape index (κ1) is 29.6. The first-order valence-corrected chi connectivity index (χ1v) is 15.1. The van der Waals surface area contributed by atoms with Gasteiger partial charge >= 0.3 is 0 Å². The second-order valence-electron chi connectivity index (χ2n) is 10.6. The summed E-state index contributed by atoms with van der Waals surface area (Å²) >= 11 is 0. The summed E-state index contributed by atoms with van der Waals surface area (Å²) < 4.78 is 73.1. The molecule has 1 saturated heterocycles. The third-order valence-corrected chi connectivity index (χ3v) is 8.12. The van der Waals surface area contributed by atoms with Crippen molar-refractivity contribution in [1.29, 1.82) is 0 Å². The maximum Gasteiger partial charge on any atom is 0.232 e. The van der Waals surface area contributed by atoms with Crippen molar-refractivity contribution in [3.05, 3.63) is 77.5 Å². The lowest BCUT2D eigenvalue weighted by Crippen LogP contribution is -2.25. The SMILES string of the molecule is CCCS(=O)(=O)Nc1ccc(F)c(C(=O)Cc2cnc3[nH]c(-c4cccc(OCC5COC(C)(C)O5)c4)cc3c2)c1F. The molecule has 0 spiro atoms. The molecule has 1 aliphatic heterocycles. The third-order valence-electron chi connectivity index (χ3n) is 6.65. The largest absolute Gasteiger partial charge is 0.491 e. The number of nitrogens with one attached hydrogen (secondary N) is 2. The molecule has 0 radical (unpaired) electrons. The predicted molar refractivity (Wildman–Crippen MR) is 154 cm³/mol. The normalized spacial score (nSPS) is 16.5. The summed E-state index contributed by atoms with van der Waals surface area (Å²) in [6.45, 7) is 6.16. The molecule has 0 saturated carbocycles. The highest BCUT2D eigenvalue weighted by Gasteiger charge is 2.33. The molecule has 0 amide bonds. The van der Waals surface area contributed by atoms with Crippen molar-refractivity contribution in [1.82, 2.24) is 9.97 Å². The van der Waals surface area contributed by atoms with Crippen molar-refractivity contribution in [2.75, 3.05) is 23.7 Å². The number of hydrogen-bond acceptors (Lipinski definition) is 7. The molecule has 5 rings (SSSR count). The molecule has 3 heterocycles. The Balaban J connectivity index is 1.31. The van der Waals surface area contributed by atoms with Crippen molar-refractivity contribution in [3.8, 4) is 17.0 Å². The van der Waals surface area contributed by atoms with Crippen LogP contribution >= 0.6 is 0 Å². The number of halogens is 2. The number of ether oxygens (including phenoxy) is 3. The minimum atomic E-state index is -3.84. The molecule has 12 heteroatoms. The third kappa shape index (κ3) is 6.77. The first-order valence-electron chi connectivity index (χ1n) is 13.5. The summed E-state index contributed by atoms with van der Waals surface area (Å²) in [7, 11) is -3.84. The number of nitrogens with zero attached hydrogens (tertiary/aromatic N) is 1. The Morgan fingerprint density at radius 1 is 1.19 bits per heavy atom. The smallest absolute Gasteiger partial charge is 0.232 e. The van der Waals surface area contributed by atoms with Gasteiger partial charge in [-0.25, -0.2) is 22.2 Å². The van der Waals surface area contributed by atoms with E-state index in [0.717, 1.165) is 23.4 Å². The lowest BCUT2D eigenvalue weighted by molar-refractivity contribution is -0.141. The highest BCUT2D eigenvalue weighted by molar-refractivity contribution is 7.92. The highest BCUT2D eigenvalue weighted by atomic mass is 32.2. The van der Waals surface area contributed by atoms with Crippen molar-refractivity contribution in [2.45, 2.75) is 45.5 Å². The number of rotatable bonds is 11. The molecule has 9 nitrogen and oxygen atoms in total. The fourth-order valence-corrected chi connectivity index (χ4v) is 5.88. The molecule has 1 atom stereocenters. The number of carbonyl (C=O) groups excluding carboxylic acids is 1. The molecule has 1 fully saturated rings. The Hall–Kier alpha value is -3.87. The van der Waals surface area contributed by atoms with Crippen molar-refractivity contribution in [2.24, 2.45) is 0 Å². The number of ketones is 1. The van der Waals surface area contributed by atoms with Gasteiger partial charge in [0.05, 0.1) is 23.6 Å². The van der Waals surface area contributed by atoms with Crippen LogP contribution in [0.3, 0.4) is 0 Å². The second-order valence-corrected chi connectivity index (χ2v) is 12.4. The van der Waals surface area contributed by atoms with Gasteiger partial charge in [0.2, 0.25) is 10.0 Å². The van der Waals surface area contributed by atoms with Gasteiger partial charge in [0.1, 0.15) is 29.9 Å². The number of benzene rings is 2. The van der Waals surface area contributed by atoms with E-state index in [1.807, 2.05) is 44.2 Å². The van der Waals surface area contributed by atoms with E-state index in [2.05, 4.69) is 14.7 Å². The average molecular weight is 600 g/mol. The Bertz CT molecular complexity index is 1740. The number of carbonyl (C=O) groups is 1. The predicted octanol–water partition coefficient (Wildman–Crippen LogP) is 5.62. The standard InChI is InChI=1S/C30H31F2N3O6S/c1-4-10-42(37,38)35-24-9-8-23(31)27(28(24)32)26(36)12-18-11-20-14-25(34-29(20)33-15-18)19-6-5-7-21(13-19)39-16-22-17-40-30(2,3)41-22/h5-9,11,13-15,22,35H,4,10,12,16-17H2,1-3H3,(H,33,34). The van der Waals surface area contributed by atoms with Crippen LogP contribution in [0.15, 0.2) is 54.7 Å². The van der Waals surface area contributed by atoms with Gasteiger partial charge < -0.3 is 19.2 Å². The van der Waals surface area contributed by atoms with Crippen LogP contribution in [0.5, 0.6) is 5.75 Å². The maximum atomic E-state index is 15.1. The van der Waals surface area contributed by atoms with E-state index >= 15 is 4.39 Å². The van der Waals surface area contributed by atoms with Gasteiger partial charge in [-0.3, -0.25) is 9.52 Å². The number of sulfonamides is 1. The van der Waals surface area contributed by atoms with Crippen LogP contribution in [0.25, 0.3) is 22.3 Å². The van der Waals surface area contributed by atoms with Crippen LogP contribution in [0.4, 0.5) is 14.5 Å². The van der Waals surface area contributed by atoms with Crippen molar-refractivity contribution < 1.29 is 36.2 Å². The summed E-state index contributed by atoms with van der Waals surface area (Å²) in [6.07, 6.45) is 1.26. The Kier molecular flexibility index (Phi) is 8.31. The van der Waals surface area contributed by atoms with Crippen LogP contribution in [0.1, 0.15) is 43.1 Å². The second kappa shape index (κ2) is 11.8. The Morgan fingerprint density at radius 3 is 2.74 bits per heavy atom. The number of anilines is 1. The molecule has 1 unspecified atom stereocenters. The molecule has 1 aliphatic rings. The van der Waals surface area contributed by atoms with Crippen molar-refractivity contribution >= 4 is 32.5 Å². The van der Waals surface area contributed by atoms with Gasteiger partial charge in [0, 0.05) is 29.3 Å². The van der Waals surface area contributed by atoms with Gasteiger partial charge in [-0.15, -0.1) is 0 Å². The van der Waals surface area contributed by atoms with E-state index in [0.29, 0.717) is 42.0 Å². The molecule has 0 aliphatic carbocycles. The van der Waals surface area contributed by atoms with E-state index in [1.54, 1.807) is 13.0 Å². The molecular formula is C30H31F2N3O6S. The minimum Gasteiger partial charge on any atom is -0.491 e. The molecule has 222 valence electrons. The fraction of sp³-hybridized carbons (Fsp3) is 0.333. The fourth-order valence-electron chi connectivity index (χ4n) is 4.75. The summed E-state index contributed by atoms with van der Waals surface area (Å²) in [5.41, 5.74) is 1.33. The van der Waals surface area contributed by atoms with Gasteiger partial charge in [0.15, 0.2) is 17.4 Å². The summed E-state index contributed by atoms with van der Waals surface area (Å²) in [4.78, 5) is 20.6. The zero-order valence-electron chi connectivity index (χ0n) is 23.4. The number of fused-ring (bicyclic) bond motifs is 1. The van der Waals surface area contributed by atoms with E-state index < -0.39 is 44.5 Å². The lowest BCUT2D eigenvalue weighted by atomic mass is 10.0. The van der Waals surface area contributed by atoms with Crippen LogP contribution < -0.4 is 9.46 Å². The number of aromatic amines is 1.